The van der Waals surface area contributed by atoms with Gasteiger partial charge in [-0.15, -0.1) is 0 Å². The van der Waals surface area contributed by atoms with E-state index in [0.29, 0.717) is 17.8 Å². The maximum atomic E-state index is 9.67. The first-order valence-corrected chi connectivity index (χ1v) is 4.77. The number of aromatic nitrogens is 2. The average molecular weight is 204 g/mol. The van der Waals surface area contributed by atoms with E-state index in [9.17, 15) is 10.2 Å². The Labute approximate surface area is 87.4 Å². The molecule has 0 unspecified atom stereocenters. The number of hydrogen-bond acceptors (Lipinski definition) is 3. The Morgan fingerprint density at radius 1 is 1.20 bits per heavy atom. The minimum absolute atomic E-state index is 0.0818. The second-order valence-corrected chi connectivity index (χ2v) is 3.21. The lowest BCUT2D eigenvalue weighted by Crippen LogP contribution is -1.98. The molecule has 2 aromatic rings. The van der Waals surface area contributed by atoms with Crippen molar-refractivity contribution in [2.45, 2.75) is 13.5 Å². The minimum Gasteiger partial charge on any atom is -0.507 e. The first-order valence-electron chi connectivity index (χ1n) is 4.77. The number of aromatic hydroxyl groups is 2. The fourth-order valence-corrected chi connectivity index (χ4v) is 1.57. The van der Waals surface area contributed by atoms with Crippen molar-refractivity contribution < 1.29 is 10.2 Å². The molecule has 0 aliphatic heterocycles. The Balaban J connectivity index is 2.63. The fraction of sp³-hybridized carbons (Fsp3) is 0.182. The third-order valence-corrected chi connectivity index (χ3v) is 2.28. The summed E-state index contributed by atoms with van der Waals surface area (Å²) in [6.45, 7) is 2.57. The van der Waals surface area contributed by atoms with Crippen LogP contribution in [-0.2, 0) is 6.54 Å². The van der Waals surface area contributed by atoms with Crippen molar-refractivity contribution in [3.05, 3.63) is 30.5 Å². The van der Waals surface area contributed by atoms with E-state index < -0.39 is 0 Å². The molecule has 0 atom stereocenters. The van der Waals surface area contributed by atoms with Crippen LogP contribution in [0.5, 0.6) is 11.5 Å². The van der Waals surface area contributed by atoms with E-state index in [2.05, 4.69) is 5.10 Å². The maximum absolute atomic E-state index is 9.67. The molecule has 0 amide bonds. The van der Waals surface area contributed by atoms with Gasteiger partial charge < -0.3 is 10.2 Å². The first kappa shape index (κ1) is 9.58. The van der Waals surface area contributed by atoms with Crippen LogP contribution in [0.1, 0.15) is 6.92 Å². The van der Waals surface area contributed by atoms with E-state index in [1.807, 2.05) is 13.0 Å². The molecule has 0 spiro atoms. The number of benzene rings is 1. The van der Waals surface area contributed by atoms with E-state index in [0.717, 1.165) is 0 Å². The van der Waals surface area contributed by atoms with Gasteiger partial charge in [-0.2, -0.15) is 5.10 Å². The molecule has 15 heavy (non-hydrogen) atoms. The van der Waals surface area contributed by atoms with Crippen LogP contribution < -0.4 is 0 Å². The van der Waals surface area contributed by atoms with E-state index in [1.165, 1.54) is 6.20 Å². The lowest BCUT2D eigenvalue weighted by atomic mass is 10.1. The highest BCUT2D eigenvalue weighted by atomic mass is 16.3. The van der Waals surface area contributed by atoms with Gasteiger partial charge in [0.1, 0.15) is 11.4 Å². The third kappa shape index (κ3) is 1.54. The largest absolute Gasteiger partial charge is 0.507 e. The smallest absolute Gasteiger partial charge is 0.161 e. The molecule has 1 aromatic heterocycles. The minimum atomic E-state index is 0.0818. The van der Waals surface area contributed by atoms with E-state index in [1.54, 1.807) is 22.9 Å². The number of hydrogen-bond donors (Lipinski definition) is 2. The summed E-state index contributed by atoms with van der Waals surface area (Å²) >= 11 is 0. The van der Waals surface area contributed by atoms with Crippen molar-refractivity contribution in [1.82, 2.24) is 9.78 Å². The molecule has 2 N–H and O–H groups in total. The zero-order chi connectivity index (χ0) is 10.8. The Kier molecular flexibility index (Phi) is 2.33. The van der Waals surface area contributed by atoms with Crippen molar-refractivity contribution in [1.29, 1.82) is 0 Å². The number of nitrogens with zero attached hydrogens (tertiary/aromatic N) is 2. The second kappa shape index (κ2) is 3.65. The monoisotopic (exact) mass is 204 g/mol. The first-order chi connectivity index (χ1) is 7.24. The maximum Gasteiger partial charge on any atom is 0.161 e. The quantitative estimate of drug-likeness (QED) is 0.786. The Hall–Kier alpha value is -1.97. The summed E-state index contributed by atoms with van der Waals surface area (Å²) in [4.78, 5) is 0. The summed E-state index contributed by atoms with van der Waals surface area (Å²) in [5, 5.41) is 23.3. The molecule has 1 aromatic carbocycles. The van der Waals surface area contributed by atoms with E-state index >= 15 is 0 Å². The molecular formula is C11H12N2O2. The van der Waals surface area contributed by atoms with Gasteiger partial charge in [0.2, 0.25) is 0 Å². The number of para-hydroxylation sites is 1. The molecule has 2 rings (SSSR count). The highest BCUT2D eigenvalue weighted by Gasteiger charge is 2.13. The van der Waals surface area contributed by atoms with Crippen molar-refractivity contribution in [3.8, 4) is 22.8 Å². The Bertz CT molecular complexity index is 477. The summed E-state index contributed by atoms with van der Waals surface area (Å²) < 4.78 is 1.64. The normalized spacial score (nSPS) is 10.5. The van der Waals surface area contributed by atoms with Crippen molar-refractivity contribution in [3.63, 3.8) is 0 Å². The van der Waals surface area contributed by atoms with Gasteiger partial charge >= 0.3 is 0 Å². The van der Waals surface area contributed by atoms with Crippen LogP contribution in [-0.4, -0.2) is 20.0 Å². The van der Waals surface area contributed by atoms with Crippen LogP contribution in [0.2, 0.25) is 0 Å². The summed E-state index contributed by atoms with van der Waals surface area (Å²) in [6.07, 6.45) is 1.38. The molecule has 0 saturated carbocycles. The molecule has 0 fully saturated rings. The van der Waals surface area contributed by atoms with Gasteiger partial charge in [-0.25, -0.2) is 0 Å². The van der Waals surface area contributed by atoms with Crippen LogP contribution in [0.25, 0.3) is 11.3 Å². The number of rotatable bonds is 2. The molecule has 0 saturated heterocycles. The van der Waals surface area contributed by atoms with Gasteiger partial charge in [-0.3, -0.25) is 4.68 Å². The highest BCUT2D eigenvalue weighted by molar-refractivity contribution is 5.71. The van der Waals surface area contributed by atoms with Crippen LogP contribution in [0, 0.1) is 0 Å². The van der Waals surface area contributed by atoms with Gasteiger partial charge in [0.05, 0.1) is 6.20 Å². The number of phenolic OH excluding ortho intramolecular Hbond substituents is 1. The molecule has 4 nitrogen and oxygen atoms in total. The highest BCUT2D eigenvalue weighted by Crippen LogP contribution is 2.34. The van der Waals surface area contributed by atoms with E-state index in [4.69, 9.17) is 0 Å². The zero-order valence-corrected chi connectivity index (χ0v) is 8.38. The molecule has 0 aliphatic rings. The standard InChI is InChI=1S/C11H12N2O2/c1-2-13-11(10(15)7-12-13)8-5-3-4-6-9(8)14/h3-7,14-15H,2H2,1H3. The van der Waals surface area contributed by atoms with Crippen molar-refractivity contribution in [2.24, 2.45) is 0 Å². The lowest BCUT2D eigenvalue weighted by Gasteiger charge is -2.06. The number of aryl methyl sites for hydroxylation is 1. The Morgan fingerprint density at radius 3 is 2.60 bits per heavy atom. The third-order valence-electron chi connectivity index (χ3n) is 2.28. The molecule has 0 aliphatic carbocycles. The lowest BCUT2D eigenvalue weighted by molar-refractivity contribution is 0.467. The zero-order valence-electron chi connectivity index (χ0n) is 8.38. The van der Waals surface area contributed by atoms with Crippen LogP contribution >= 0.6 is 0 Å². The van der Waals surface area contributed by atoms with Gasteiger partial charge in [-0.1, -0.05) is 12.1 Å². The SMILES string of the molecule is CCn1ncc(O)c1-c1ccccc1O. The molecule has 0 bridgehead atoms. The summed E-state index contributed by atoms with van der Waals surface area (Å²) in [5.74, 6) is 0.223. The van der Waals surface area contributed by atoms with E-state index in [-0.39, 0.29) is 11.5 Å². The van der Waals surface area contributed by atoms with Gasteiger partial charge in [0.15, 0.2) is 5.75 Å². The van der Waals surface area contributed by atoms with Crippen molar-refractivity contribution >= 4 is 0 Å². The topological polar surface area (TPSA) is 58.3 Å². The van der Waals surface area contributed by atoms with Gasteiger partial charge in [0, 0.05) is 12.1 Å². The summed E-state index contributed by atoms with van der Waals surface area (Å²) in [7, 11) is 0. The van der Waals surface area contributed by atoms with Gasteiger partial charge in [-0.05, 0) is 19.1 Å². The van der Waals surface area contributed by atoms with Crippen LogP contribution in [0.15, 0.2) is 30.5 Å². The molecule has 1 heterocycles. The average Bonchev–Trinajstić information content (AvgIpc) is 2.60. The molecule has 0 radical (unpaired) electrons. The van der Waals surface area contributed by atoms with Crippen LogP contribution in [0.4, 0.5) is 0 Å². The molecule has 78 valence electrons. The Morgan fingerprint density at radius 2 is 1.93 bits per heavy atom. The second-order valence-electron chi connectivity index (χ2n) is 3.21. The van der Waals surface area contributed by atoms with Crippen LogP contribution in [0.3, 0.4) is 0 Å². The van der Waals surface area contributed by atoms with Crippen molar-refractivity contribution in [2.75, 3.05) is 0 Å². The number of phenols is 1. The predicted molar refractivity (Wildman–Crippen MR) is 56.7 cm³/mol. The predicted octanol–water partition coefficient (Wildman–Crippen LogP) is 1.98. The summed E-state index contributed by atoms with van der Waals surface area (Å²) in [6, 6.07) is 6.88. The molecular weight excluding hydrogens is 192 g/mol. The fourth-order valence-electron chi connectivity index (χ4n) is 1.57. The molecule has 4 heteroatoms. The van der Waals surface area contributed by atoms with Gasteiger partial charge in [0.25, 0.3) is 0 Å². The summed E-state index contributed by atoms with van der Waals surface area (Å²) in [5.41, 5.74) is 1.14.